The molecule has 0 radical (unpaired) electrons. The number of H-pyrrole nitrogens is 1. The maximum absolute atomic E-state index is 5.86. The lowest BCUT2D eigenvalue weighted by molar-refractivity contribution is 0.338. The first-order chi connectivity index (χ1) is 14.1. The van der Waals surface area contributed by atoms with Crippen molar-refractivity contribution < 1.29 is 9.15 Å². The molecule has 0 unspecified atom stereocenters. The van der Waals surface area contributed by atoms with Gasteiger partial charge in [-0.1, -0.05) is 29.4 Å². The van der Waals surface area contributed by atoms with E-state index < -0.39 is 0 Å². The molecular weight excluding hydrogens is 438 g/mol. The standard InChI is InChI=1S/C19H18BrN7O2/c1-3-28-16-10-14(8-9-15(16)20)18-23-24-19(29-18)27(2)11-12-4-6-13(7-5-12)17-21-25-26-22-17/h4-10H,3,11H2,1-2H3,(H,21,22,25,26). The predicted molar refractivity (Wildman–Crippen MR) is 110 cm³/mol. The van der Waals surface area contributed by atoms with E-state index in [2.05, 4.69) is 46.8 Å². The van der Waals surface area contributed by atoms with Crippen LogP contribution in [0.1, 0.15) is 12.5 Å². The van der Waals surface area contributed by atoms with E-state index in [4.69, 9.17) is 9.15 Å². The van der Waals surface area contributed by atoms with Crippen LogP contribution in [0.5, 0.6) is 5.75 Å². The molecule has 0 atom stereocenters. The van der Waals surface area contributed by atoms with Gasteiger partial charge in [0, 0.05) is 24.7 Å². The van der Waals surface area contributed by atoms with Gasteiger partial charge in [0.05, 0.1) is 11.1 Å². The van der Waals surface area contributed by atoms with Crippen molar-refractivity contribution in [3.8, 4) is 28.6 Å². The van der Waals surface area contributed by atoms with Gasteiger partial charge in [0.2, 0.25) is 11.7 Å². The highest BCUT2D eigenvalue weighted by atomic mass is 79.9. The lowest BCUT2D eigenvalue weighted by atomic mass is 10.1. The molecule has 0 aliphatic rings. The minimum Gasteiger partial charge on any atom is -0.493 e. The number of nitrogens with zero attached hydrogens (tertiary/aromatic N) is 6. The first-order valence-corrected chi connectivity index (χ1v) is 9.73. The lowest BCUT2D eigenvalue weighted by Gasteiger charge is -2.14. The summed E-state index contributed by atoms with van der Waals surface area (Å²) in [7, 11) is 1.90. The summed E-state index contributed by atoms with van der Waals surface area (Å²) in [6, 6.07) is 14.0. The summed E-state index contributed by atoms with van der Waals surface area (Å²) in [6.07, 6.45) is 0. The predicted octanol–water partition coefficient (Wildman–Crippen LogP) is 3.71. The Hall–Kier alpha value is -3.27. The zero-order chi connectivity index (χ0) is 20.2. The molecule has 29 heavy (non-hydrogen) atoms. The summed E-state index contributed by atoms with van der Waals surface area (Å²) < 4.78 is 12.3. The van der Waals surface area contributed by atoms with Crippen LogP contribution in [0.15, 0.2) is 51.4 Å². The maximum atomic E-state index is 5.86. The first kappa shape index (κ1) is 19.1. The second-order valence-electron chi connectivity index (χ2n) is 6.26. The fraction of sp³-hybridized carbons (Fsp3) is 0.211. The zero-order valence-electron chi connectivity index (χ0n) is 15.8. The summed E-state index contributed by atoms with van der Waals surface area (Å²) in [4.78, 5) is 1.89. The highest BCUT2D eigenvalue weighted by Gasteiger charge is 2.14. The Morgan fingerprint density at radius 3 is 2.59 bits per heavy atom. The highest BCUT2D eigenvalue weighted by molar-refractivity contribution is 9.10. The van der Waals surface area contributed by atoms with Crippen molar-refractivity contribution in [1.29, 1.82) is 0 Å². The average Bonchev–Trinajstić information content (AvgIpc) is 3.43. The molecule has 2 aromatic heterocycles. The van der Waals surface area contributed by atoms with Crippen LogP contribution in [-0.2, 0) is 6.54 Å². The summed E-state index contributed by atoms with van der Waals surface area (Å²) in [6.45, 7) is 3.12. The van der Waals surface area contributed by atoms with E-state index in [1.807, 2.05) is 61.3 Å². The molecule has 4 rings (SSSR count). The SMILES string of the molecule is CCOc1cc(-c2nnc(N(C)Cc3ccc(-c4nn[nH]n4)cc3)o2)ccc1Br. The van der Waals surface area contributed by atoms with Crippen molar-refractivity contribution in [2.75, 3.05) is 18.6 Å². The van der Waals surface area contributed by atoms with Crippen LogP contribution >= 0.6 is 15.9 Å². The molecule has 2 heterocycles. The van der Waals surface area contributed by atoms with Gasteiger partial charge in [-0.25, -0.2) is 0 Å². The summed E-state index contributed by atoms with van der Waals surface area (Å²) >= 11 is 3.47. The van der Waals surface area contributed by atoms with E-state index in [9.17, 15) is 0 Å². The number of benzene rings is 2. The van der Waals surface area contributed by atoms with Crippen LogP contribution in [0.4, 0.5) is 6.01 Å². The summed E-state index contributed by atoms with van der Waals surface area (Å²) in [5.41, 5.74) is 2.78. The molecule has 0 saturated carbocycles. The van der Waals surface area contributed by atoms with Crippen LogP contribution in [0.3, 0.4) is 0 Å². The number of rotatable bonds is 7. The van der Waals surface area contributed by atoms with Crippen molar-refractivity contribution in [3.05, 3.63) is 52.5 Å². The Morgan fingerprint density at radius 2 is 1.86 bits per heavy atom. The van der Waals surface area contributed by atoms with Gasteiger partial charge in [-0.3, -0.25) is 0 Å². The van der Waals surface area contributed by atoms with E-state index in [1.165, 1.54) is 0 Å². The second-order valence-corrected chi connectivity index (χ2v) is 7.11. The van der Waals surface area contributed by atoms with E-state index in [0.717, 1.165) is 26.9 Å². The third-order valence-corrected chi connectivity index (χ3v) is 4.85. The molecular formula is C19H18BrN7O2. The number of halogens is 1. The van der Waals surface area contributed by atoms with Gasteiger partial charge in [-0.15, -0.1) is 15.3 Å². The van der Waals surface area contributed by atoms with Crippen LogP contribution in [0, 0.1) is 0 Å². The number of aromatic nitrogens is 6. The fourth-order valence-corrected chi connectivity index (χ4v) is 3.13. The van der Waals surface area contributed by atoms with Gasteiger partial charge in [-0.05, 0) is 51.8 Å². The van der Waals surface area contributed by atoms with Gasteiger partial charge in [-0.2, -0.15) is 5.21 Å². The molecule has 4 aromatic rings. The van der Waals surface area contributed by atoms with Gasteiger partial charge in [0.15, 0.2) is 0 Å². The molecule has 0 fully saturated rings. The quantitative estimate of drug-likeness (QED) is 0.449. The maximum Gasteiger partial charge on any atom is 0.318 e. The molecule has 148 valence electrons. The Balaban J connectivity index is 1.47. The number of ether oxygens (including phenoxy) is 1. The zero-order valence-corrected chi connectivity index (χ0v) is 17.4. The fourth-order valence-electron chi connectivity index (χ4n) is 2.77. The number of tetrazole rings is 1. The Labute approximate surface area is 175 Å². The van der Waals surface area contributed by atoms with Crippen molar-refractivity contribution in [2.45, 2.75) is 13.5 Å². The molecule has 10 heteroatoms. The minimum atomic E-state index is 0.433. The number of hydrogen-bond acceptors (Lipinski definition) is 8. The molecule has 0 aliphatic carbocycles. The number of hydrogen-bond donors (Lipinski definition) is 1. The van der Waals surface area contributed by atoms with E-state index in [-0.39, 0.29) is 0 Å². The Morgan fingerprint density at radius 1 is 1.07 bits per heavy atom. The smallest absolute Gasteiger partial charge is 0.318 e. The van der Waals surface area contributed by atoms with Crippen LogP contribution in [0.2, 0.25) is 0 Å². The molecule has 2 aromatic carbocycles. The molecule has 1 N–H and O–H groups in total. The van der Waals surface area contributed by atoms with Gasteiger partial charge in [0.25, 0.3) is 0 Å². The van der Waals surface area contributed by atoms with Crippen molar-refractivity contribution in [1.82, 2.24) is 30.8 Å². The van der Waals surface area contributed by atoms with Crippen molar-refractivity contribution in [2.24, 2.45) is 0 Å². The van der Waals surface area contributed by atoms with Gasteiger partial charge < -0.3 is 14.1 Å². The molecule has 9 nitrogen and oxygen atoms in total. The summed E-state index contributed by atoms with van der Waals surface area (Å²) in [5.74, 6) is 1.74. The van der Waals surface area contributed by atoms with Crippen molar-refractivity contribution >= 4 is 21.9 Å². The van der Waals surface area contributed by atoms with Crippen LogP contribution < -0.4 is 9.64 Å². The third-order valence-electron chi connectivity index (χ3n) is 4.20. The number of aromatic amines is 1. The highest BCUT2D eigenvalue weighted by Crippen LogP contribution is 2.31. The van der Waals surface area contributed by atoms with Crippen LogP contribution in [-0.4, -0.2) is 44.5 Å². The first-order valence-electron chi connectivity index (χ1n) is 8.94. The number of anilines is 1. The van der Waals surface area contributed by atoms with E-state index >= 15 is 0 Å². The molecule has 0 bridgehead atoms. The summed E-state index contributed by atoms with van der Waals surface area (Å²) in [5, 5.41) is 22.3. The molecule has 0 spiro atoms. The minimum absolute atomic E-state index is 0.433. The largest absolute Gasteiger partial charge is 0.493 e. The number of nitrogens with one attached hydrogen (secondary N) is 1. The van der Waals surface area contributed by atoms with E-state index in [1.54, 1.807) is 0 Å². The normalized spacial score (nSPS) is 10.9. The van der Waals surface area contributed by atoms with Gasteiger partial charge in [0.1, 0.15) is 5.75 Å². The van der Waals surface area contributed by atoms with Gasteiger partial charge >= 0.3 is 6.01 Å². The molecule has 0 aliphatic heterocycles. The monoisotopic (exact) mass is 455 g/mol. The second kappa shape index (κ2) is 8.39. The van der Waals surface area contributed by atoms with Crippen molar-refractivity contribution in [3.63, 3.8) is 0 Å². The lowest BCUT2D eigenvalue weighted by Crippen LogP contribution is -2.16. The average molecular weight is 456 g/mol. The Bertz CT molecular complexity index is 1080. The molecule has 0 saturated heterocycles. The topological polar surface area (TPSA) is 106 Å². The molecule has 0 amide bonds. The van der Waals surface area contributed by atoms with E-state index in [0.29, 0.717) is 30.9 Å². The van der Waals surface area contributed by atoms with Crippen LogP contribution in [0.25, 0.3) is 22.8 Å². The third kappa shape index (κ3) is 4.27. The Kier molecular flexibility index (Phi) is 5.52.